The van der Waals surface area contributed by atoms with Crippen LogP contribution >= 0.6 is 24.2 Å². The fourth-order valence-electron chi connectivity index (χ4n) is 2.04. The van der Waals surface area contributed by atoms with Gasteiger partial charge >= 0.3 is 0 Å². The van der Waals surface area contributed by atoms with Crippen LogP contribution in [-0.2, 0) is 4.79 Å². The Balaban J connectivity index is 0.00000220. The van der Waals surface area contributed by atoms with Crippen LogP contribution in [0.4, 0.5) is 8.78 Å². The lowest BCUT2D eigenvalue weighted by Gasteiger charge is -2.15. The summed E-state index contributed by atoms with van der Waals surface area (Å²) in [6, 6.07) is 9.09. The average molecular weight is 337 g/mol. The molecule has 1 aromatic rings. The Morgan fingerprint density at radius 3 is 2.71 bits per heavy atom. The Morgan fingerprint density at radius 1 is 1.48 bits per heavy atom. The highest BCUT2D eigenvalue weighted by molar-refractivity contribution is 8.00. The van der Waals surface area contributed by atoms with Crippen LogP contribution in [0.3, 0.4) is 0 Å². The number of alkyl halides is 2. The summed E-state index contributed by atoms with van der Waals surface area (Å²) in [6.45, 7) is 2.04. The van der Waals surface area contributed by atoms with Crippen molar-refractivity contribution in [2.45, 2.75) is 35.5 Å². The summed E-state index contributed by atoms with van der Waals surface area (Å²) in [7, 11) is 0. The van der Waals surface area contributed by atoms with Gasteiger partial charge in [-0.1, -0.05) is 25.1 Å². The molecule has 2 rings (SSSR count). The van der Waals surface area contributed by atoms with E-state index in [9.17, 15) is 13.6 Å². The Kier molecular flexibility index (Phi) is 6.90. The molecule has 1 saturated heterocycles. The van der Waals surface area contributed by atoms with Gasteiger partial charge in [0.15, 0.2) is 0 Å². The number of hydrogen-bond donors (Lipinski definition) is 2. The van der Waals surface area contributed by atoms with Crippen molar-refractivity contribution in [1.29, 1.82) is 0 Å². The second-order valence-corrected chi connectivity index (χ2v) is 6.49. The minimum atomic E-state index is -2.77. The van der Waals surface area contributed by atoms with Crippen LogP contribution in [0.5, 0.6) is 0 Å². The lowest BCUT2D eigenvalue weighted by atomic mass is 10.2. The molecule has 118 valence electrons. The normalized spacial score (nSPS) is 21.4. The minimum absolute atomic E-state index is 0. The first-order valence-corrected chi connectivity index (χ1v) is 7.45. The molecule has 0 spiro atoms. The van der Waals surface area contributed by atoms with Gasteiger partial charge in [-0.25, -0.2) is 8.78 Å². The van der Waals surface area contributed by atoms with E-state index in [4.69, 9.17) is 0 Å². The first-order chi connectivity index (χ1) is 9.46. The van der Waals surface area contributed by atoms with Crippen molar-refractivity contribution >= 4 is 30.1 Å². The summed E-state index contributed by atoms with van der Waals surface area (Å²) in [4.78, 5) is 12.9. The van der Waals surface area contributed by atoms with E-state index < -0.39 is 24.9 Å². The fraction of sp³-hybridized carbons (Fsp3) is 0.500. The molecule has 0 saturated carbocycles. The highest BCUT2D eigenvalue weighted by atomic mass is 35.5. The first-order valence-electron chi connectivity index (χ1n) is 6.57. The maximum Gasteiger partial charge on any atom is 0.262 e. The maximum absolute atomic E-state index is 13.0. The van der Waals surface area contributed by atoms with Gasteiger partial charge in [0, 0.05) is 23.1 Å². The molecule has 2 N–H and O–H groups in total. The van der Waals surface area contributed by atoms with Gasteiger partial charge in [-0.3, -0.25) is 10.1 Å². The van der Waals surface area contributed by atoms with Crippen molar-refractivity contribution in [1.82, 2.24) is 10.6 Å². The summed E-state index contributed by atoms with van der Waals surface area (Å²) >= 11 is 1.64. The monoisotopic (exact) mass is 336 g/mol. The maximum atomic E-state index is 13.0. The van der Waals surface area contributed by atoms with Gasteiger partial charge in [-0.15, -0.1) is 24.2 Å². The lowest BCUT2D eigenvalue weighted by molar-refractivity contribution is -0.123. The highest BCUT2D eigenvalue weighted by Crippen LogP contribution is 2.25. The first kappa shape index (κ1) is 18.2. The van der Waals surface area contributed by atoms with Crippen molar-refractivity contribution in [3.63, 3.8) is 0 Å². The Morgan fingerprint density at radius 2 is 2.14 bits per heavy atom. The minimum Gasteiger partial charge on any atom is -0.354 e. The van der Waals surface area contributed by atoms with Gasteiger partial charge in [0.05, 0.1) is 12.6 Å². The molecule has 1 heterocycles. The number of nitrogens with one attached hydrogen (secondary N) is 2. The molecule has 0 aromatic heterocycles. The largest absolute Gasteiger partial charge is 0.354 e. The second-order valence-electron chi connectivity index (χ2n) is 4.98. The quantitative estimate of drug-likeness (QED) is 0.812. The van der Waals surface area contributed by atoms with Crippen LogP contribution in [0, 0.1) is 0 Å². The molecule has 1 amide bonds. The highest BCUT2D eigenvalue weighted by Gasteiger charge is 2.42. The molecule has 0 bridgehead atoms. The van der Waals surface area contributed by atoms with Gasteiger partial charge < -0.3 is 5.32 Å². The van der Waals surface area contributed by atoms with E-state index in [0.29, 0.717) is 6.54 Å². The molecular formula is C14H19ClF2N2OS. The third-order valence-electron chi connectivity index (χ3n) is 3.07. The van der Waals surface area contributed by atoms with Gasteiger partial charge in [-0.2, -0.15) is 0 Å². The SMILES string of the molecule is CC(CNC(=O)C1CC(F)(F)CN1)Sc1ccccc1.Cl. The van der Waals surface area contributed by atoms with Gasteiger partial charge in [0.1, 0.15) is 0 Å². The zero-order valence-electron chi connectivity index (χ0n) is 11.6. The van der Waals surface area contributed by atoms with Crippen LogP contribution in [-0.4, -0.2) is 36.2 Å². The fourth-order valence-corrected chi connectivity index (χ4v) is 2.99. The van der Waals surface area contributed by atoms with E-state index in [0.717, 1.165) is 4.90 Å². The Bertz CT molecular complexity index is 462. The van der Waals surface area contributed by atoms with E-state index in [1.54, 1.807) is 11.8 Å². The van der Waals surface area contributed by atoms with Crippen molar-refractivity contribution in [2.75, 3.05) is 13.1 Å². The van der Waals surface area contributed by atoms with Crippen LogP contribution in [0.1, 0.15) is 13.3 Å². The van der Waals surface area contributed by atoms with Crippen LogP contribution in [0.2, 0.25) is 0 Å². The van der Waals surface area contributed by atoms with Crippen LogP contribution in [0.15, 0.2) is 35.2 Å². The number of carbonyl (C=O) groups is 1. The standard InChI is InChI=1S/C14H18F2N2OS.ClH/c1-10(20-11-5-3-2-4-6-11)8-17-13(19)12-7-14(15,16)9-18-12;/h2-6,10,12,18H,7-9H2,1H3,(H,17,19);1H. The number of hydrogen-bond acceptors (Lipinski definition) is 3. The lowest BCUT2D eigenvalue weighted by Crippen LogP contribution is -2.42. The van der Waals surface area contributed by atoms with Crippen molar-refractivity contribution in [2.24, 2.45) is 0 Å². The number of halogens is 3. The Hall–Kier alpha value is -0.850. The molecular weight excluding hydrogens is 318 g/mol. The summed E-state index contributed by atoms with van der Waals surface area (Å²) in [6.07, 6.45) is -0.418. The Labute approximate surface area is 133 Å². The van der Waals surface area contributed by atoms with E-state index in [-0.39, 0.29) is 23.6 Å². The number of rotatable bonds is 5. The molecule has 2 unspecified atom stereocenters. The molecule has 3 nitrogen and oxygen atoms in total. The predicted octanol–water partition coefficient (Wildman–Crippen LogP) is 2.70. The zero-order chi connectivity index (χ0) is 14.6. The van der Waals surface area contributed by atoms with E-state index in [1.807, 2.05) is 37.3 Å². The van der Waals surface area contributed by atoms with Gasteiger partial charge in [0.2, 0.25) is 5.91 Å². The molecule has 1 aliphatic rings. The molecule has 1 aromatic carbocycles. The van der Waals surface area contributed by atoms with Crippen LogP contribution < -0.4 is 10.6 Å². The average Bonchev–Trinajstić information content (AvgIpc) is 2.78. The van der Waals surface area contributed by atoms with E-state index in [2.05, 4.69) is 10.6 Å². The molecule has 2 atom stereocenters. The smallest absolute Gasteiger partial charge is 0.262 e. The number of carbonyl (C=O) groups excluding carboxylic acids is 1. The van der Waals surface area contributed by atoms with Crippen molar-refractivity contribution < 1.29 is 13.6 Å². The molecule has 0 aliphatic carbocycles. The zero-order valence-corrected chi connectivity index (χ0v) is 13.3. The summed E-state index contributed by atoms with van der Waals surface area (Å²) in [5.41, 5.74) is 0. The third-order valence-corrected chi connectivity index (χ3v) is 4.18. The van der Waals surface area contributed by atoms with Crippen molar-refractivity contribution in [3.05, 3.63) is 30.3 Å². The van der Waals surface area contributed by atoms with E-state index >= 15 is 0 Å². The predicted molar refractivity (Wildman–Crippen MR) is 83.4 cm³/mol. The van der Waals surface area contributed by atoms with Crippen molar-refractivity contribution in [3.8, 4) is 0 Å². The topological polar surface area (TPSA) is 41.1 Å². The number of benzene rings is 1. The van der Waals surface area contributed by atoms with E-state index in [1.165, 1.54) is 0 Å². The molecule has 0 radical (unpaired) electrons. The number of amides is 1. The summed E-state index contributed by atoms with van der Waals surface area (Å²) in [5, 5.41) is 5.46. The second kappa shape index (κ2) is 7.96. The molecule has 1 aliphatic heterocycles. The summed E-state index contributed by atoms with van der Waals surface area (Å²) < 4.78 is 26.0. The molecule has 7 heteroatoms. The third kappa shape index (κ3) is 5.80. The molecule has 21 heavy (non-hydrogen) atoms. The van der Waals surface area contributed by atoms with Crippen LogP contribution in [0.25, 0.3) is 0 Å². The summed E-state index contributed by atoms with van der Waals surface area (Å²) in [5.74, 6) is -3.12. The molecule has 1 fully saturated rings. The van der Waals surface area contributed by atoms with Gasteiger partial charge in [-0.05, 0) is 12.1 Å². The number of thioether (sulfide) groups is 1. The van der Waals surface area contributed by atoms with Gasteiger partial charge in [0.25, 0.3) is 5.92 Å².